The van der Waals surface area contributed by atoms with Crippen LogP contribution in [0.1, 0.15) is 24.5 Å². The highest BCUT2D eigenvalue weighted by molar-refractivity contribution is 7.07. The lowest BCUT2D eigenvalue weighted by atomic mass is 9.78. The predicted molar refractivity (Wildman–Crippen MR) is 85.9 cm³/mol. The van der Waals surface area contributed by atoms with Crippen LogP contribution in [-0.4, -0.2) is 44.4 Å². The van der Waals surface area contributed by atoms with E-state index in [1.165, 1.54) is 11.3 Å². The number of methoxy groups -OCH3 is 1. The third-order valence-corrected chi connectivity index (χ3v) is 4.55. The van der Waals surface area contributed by atoms with Crippen molar-refractivity contribution < 1.29 is 14.6 Å². The Morgan fingerprint density at radius 3 is 2.86 bits per heavy atom. The van der Waals surface area contributed by atoms with Crippen molar-refractivity contribution in [3.05, 3.63) is 22.4 Å². The maximum atomic E-state index is 12.5. The topological polar surface area (TPSA) is 70.6 Å². The maximum Gasteiger partial charge on any atom is 0.228 e. The van der Waals surface area contributed by atoms with Crippen LogP contribution in [0.25, 0.3) is 0 Å². The molecular weight excluding hydrogens is 312 g/mol. The summed E-state index contributed by atoms with van der Waals surface area (Å²) in [6.45, 7) is 2.32. The van der Waals surface area contributed by atoms with Gasteiger partial charge in [0.25, 0.3) is 0 Å². The molecule has 120 valence electrons. The van der Waals surface area contributed by atoms with Crippen LogP contribution in [0.15, 0.2) is 16.8 Å². The van der Waals surface area contributed by atoms with Crippen molar-refractivity contribution in [1.29, 1.82) is 0 Å². The Kier molecular flexibility index (Phi) is 7.62. The molecule has 1 fully saturated rings. The molecule has 0 aliphatic carbocycles. The molecule has 0 spiro atoms. The molecule has 0 radical (unpaired) electrons. The van der Waals surface area contributed by atoms with E-state index in [1.807, 2.05) is 16.8 Å². The highest BCUT2D eigenvalue weighted by Crippen LogP contribution is 2.29. The summed E-state index contributed by atoms with van der Waals surface area (Å²) in [7, 11) is 1.62. The molecule has 2 heterocycles. The number of thiophene rings is 1. The molecule has 1 aliphatic heterocycles. The number of hydrogen-bond donors (Lipinski definition) is 3. The summed E-state index contributed by atoms with van der Waals surface area (Å²) < 4.78 is 5.24. The minimum absolute atomic E-state index is 0. The minimum atomic E-state index is -0.647. The van der Waals surface area contributed by atoms with Crippen LogP contribution >= 0.6 is 23.7 Å². The summed E-state index contributed by atoms with van der Waals surface area (Å²) in [6, 6.07) is 1.87. The van der Waals surface area contributed by atoms with Gasteiger partial charge in [-0.3, -0.25) is 4.79 Å². The second kappa shape index (κ2) is 8.70. The van der Waals surface area contributed by atoms with Crippen molar-refractivity contribution in [2.45, 2.75) is 18.9 Å². The zero-order chi connectivity index (χ0) is 14.4. The molecule has 0 saturated carbocycles. The molecule has 2 rings (SSSR count). The van der Waals surface area contributed by atoms with E-state index in [-0.39, 0.29) is 24.9 Å². The van der Waals surface area contributed by atoms with Gasteiger partial charge in [-0.25, -0.2) is 0 Å². The molecular formula is C14H23ClN2O3S. The summed E-state index contributed by atoms with van der Waals surface area (Å²) in [4.78, 5) is 12.5. The summed E-state index contributed by atoms with van der Waals surface area (Å²) >= 11 is 1.54. The standard InChI is InChI=1S/C14H22N2O3S.ClH/c1-19-10-14(3-5-15-6-4-14)13(18)16-8-12(17)11-2-7-20-9-11;/h2,7,9,12,15,17H,3-6,8,10H2,1H3,(H,16,18);1H. The van der Waals surface area contributed by atoms with Gasteiger partial charge in [-0.15, -0.1) is 12.4 Å². The van der Waals surface area contributed by atoms with Crippen LogP contribution in [0, 0.1) is 5.41 Å². The molecule has 1 aliphatic rings. The Bertz CT molecular complexity index is 416. The van der Waals surface area contributed by atoms with Crippen LogP contribution in [0.2, 0.25) is 0 Å². The molecule has 1 aromatic heterocycles. The molecule has 7 heteroatoms. The average molecular weight is 335 g/mol. The average Bonchev–Trinajstić information content (AvgIpc) is 3.00. The third-order valence-electron chi connectivity index (χ3n) is 3.85. The van der Waals surface area contributed by atoms with Crippen molar-refractivity contribution in [2.24, 2.45) is 5.41 Å². The van der Waals surface area contributed by atoms with Crippen molar-refractivity contribution >= 4 is 29.7 Å². The number of aliphatic hydroxyl groups is 1. The molecule has 0 aromatic carbocycles. The van der Waals surface area contributed by atoms with Gasteiger partial charge in [-0.1, -0.05) is 0 Å². The van der Waals surface area contributed by atoms with E-state index in [0.29, 0.717) is 6.61 Å². The first-order valence-corrected chi connectivity index (χ1v) is 7.80. The Hall–Kier alpha value is -0.660. The zero-order valence-corrected chi connectivity index (χ0v) is 13.8. The summed E-state index contributed by atoms with van der Waals surface area (Å²) in [5, 5.41) is 20.0. The van der Waals surface area contributed by atoms with E-state index in [0.717, 1.165) is 31.5 Å². The second-order valence-electron chi connectivity index (χ2n) is 5.25. The fourth-order valence-corrected chi connectivity index (χ4v) is 3.28. The van der Waals surface area contributed by atoms with E-state index < -0.39 is 11.5 Å². The van der Waals surface area contributed by atoms with Gasteiger partial charge in [0.1, 0.15) is 0 Å². The molecule has 1 atom stereocenters. The first-order chi connectivity index (χ1) is 9.68. The quantitative estimate of drug-likeness (QED) is 0.734. The van der Waals surface area contributed by atoms with Crippen molar-refractivity contribution in [3.63, 3.8) is 0 Å². The lowest BCUT2D eigenvalue weighted by molar-refractivity contribution is -0.136. The summed E-state index contributed by atoms with van der Waals surface area (Å²) in [5.41, 5.74) is 0.385. The van der Waals surface area contributed by atoms with Crippen LogP contribution in [-0.2, 0) is 9.53 Å². The SMILES string of the molecule is COCC1(C(=O)NCC(O)c2ccsc2)CCNCC1.Cl. The second-order valence-corrected chi connectivity index (χ2v) is 6.03. The Morgan fingerprint density at radius 1 is 1.57 bits per heavy atom. The van der Waals surface area contributed by atoms with Crippen molar-refractivity contribution in [3.8, 4) is 0 Å². The van der Waals surface area contributed by atoms with Crippen molar-refractivity contribution in [1.82, 2.24) is 10.6 Å². The Balaban J connectivity index is 0.00000220. The number of carbonyl (C=O) groups excluding carboxylic acids is 1. The van der Waals surface area contributed by atoms with Gasteiger partial charge < -0.3 is 20.5 Å². The lowest BCUT2D eigenvalue weighted by Gasteiger charge is -2.35. The van der Waals surface area contributed by atoms with Crippen LogP contribution in [0.3, 0.4) is 0 Å². The lowest BCUT2D eigenvalue weighted by Crippen LogP contribution is -2.50. The molecule has 3 N–H and O–H groups in total. The summed E-state index contributed by atoms with van der Waals surface area (Å²) in [6.07, 6.45) is 0.883. The van der Waals surface area contributed by atoms with Gasteiger partial charge in [-0.2, -0.15) is 11.3 Å². The monoisotopic (exact) mass is 334 g/mol. The van der Waals surface area contributed by atoms with E-state index in [1.54, 1.807) is 7.11 Å². The van der Waals surface area contributed by atoms with Gasteiger partial charge in [-0.05, 0) is 48.3 Å². The van der Waals surface area contributed by atoms with Crippen LogP contribution in [0.5, 0.6) is 0 Å². The zero-order valence-electron chi connectivity index (χ0n) is 12.1. The van der Waals surface area contributed by atoms with Gasteiger partial charge in [0.05, 0.1) is 18.1 Å². The number of hydrogen-bond acceptors (Lipinski definition) is 5. The Labute approximate surface area is 135 Å². The van der Waals surface area contributed by atoms with Gasteiger partial charge in [0, 0.05) is 13.7 Å². The fraction of sp³-hybridized carbons (Fsp3) is 0.643. The Morgan fingerprint density at radius 2 is 2.29 bits per heavy atom. The molecule has 1 aromatic rings. The normalized spacial score (nSPS) is 18.6. The fourth-order valence-electron chi connectivity index (χ4n) is 2.58. The van der Waals surface area contributed by atoms with Crippen LogP contribution < -0.4 is 10.6 Å². The summed E-state index contributed by atoms with van der Waals surface area (Å²) in [5.74, 6) is -0.0184. The number of piperidine rings is 1. The first kappa shape index (κ1) is 18.4. The first-order valence-electron chi connectivity index (χ1n) is 6.86. The van der Waals surface area contributed by atoms with Crippen LogP contribution in [0.4, 0.5) is 0 Å². The predicted octanol–water partition coefficient (Wildman–Crippen LogP) is 1.34. The molecule has 1 saturated heterocycles. The van der Waals surface area contributed by atoms with Gasteiger partial charge in [0.2, 0.25) is 5.91 Å². The van der Waals surface area contributed by atoms with E-state index in [2.05, 4.69) is 10.6 Å². The molecule has 1 unspecified atom stereocenters. The highest BCUT2D eigenvalue weighted by atomic mass is 35.5. The van der Waals surface area contributed by atoms with Crippen molar-refractivity contribution in [2.75, 3.05) is 33.4 Å². The van der Waals surface area contributed by atoms with E-state index in [9.17, 15) is 9.90 Å². The molecule has 0 bridgehead atoms. The number of ether oxygens (including phenoxy) is 1. The van der Waals surface area contributed by atoms with E-state index >= 15 is 0 Å². The van der Waals surface area contributed by atoms with E-state index in [4.69, 9.17) is 4.74 Å². The number of amides is 1. The smallest absolute Gasteiger partial charge is 0.228 e. The van der Waals surface area contributed by atoms with Gasteiger partial charge in [0.15, 0.2) is 0 Å². The highest BCUT2D eigenvalue weighted by Gasteiger charge is 2.39. The molecule has 21 heavy (non-hydrogen) atoms. The largest absolute Gasteiger partial charge is 0.387 e. The third kappa shape index (κ3) is 4.66. The molecule has 1 amide bonds. The number of rotatable bonds is 6. The minimum Gasteiger partial charge on any atom is -0.387 e. The molecule has 5 nitrogen and oxygen atoms in total. The number of carbonyl (C=O) groups is 1. The maximum absolute atomic E-state index is 12.5. The number of nitrogens with one attached hydrogen (secondary N) is 2. The number of aliphatic hydroxyl groups excluding tert-OH is 1. The van der Waals surface area contributed by atoms with Gasteiger partial charge >= 0.3 is 0 Å². The number of halogens is 1.